The van der Waals surface area contributed by atoms with Crippen LogP contribution in [-0.2, 0) is 11.3 Å². The smallest absolute Gasteiger partial charge is 0.275 e. The fraction of sp³-hybridized carbons (Fsp3) is 0.0833. The molecule has 84 valence electrons. The molecule has 3 rings (SSSR count). The van der Waals surface area contributed by atoms with Gasteiger partial charge in [-0.1, -0.05) is 30.3 Å². The number of aromatic nitrogens is 2. The van der Waals surface area contributed by atoms with Gasteiger partial charge in [-0.15, -0.1) is 0 Å². The summed E-state index contributed by atoms with van der Waals surface area (Å²) in [5.74, 6) is 0.898. The maximum atomic E-state index is 11.5. The van der Waals surface area contributed by atoms with E-state index in [1.807, 2.05) is 30.3 Å². The SMILES string of the molecule is O=C1Cn2c(cc(=O)nc2-c2ccccc2)N1. The van der Waals surface area contributed by atoms with Crippen molar-refractivity contribution in [3.63, 3.8) is 0 Å². The van der Waals surface area contributed by atoms with Gasteiger partial charge in [-0.25, -0.2) is 0 Å². The highest BCUT2D eigenvalue weighted by atomic mass is 16.2. The van der Waals surface area contributed by atoms with E-state index in [4.69, 9.17) is 0 Å². The fourth-order valence-corrected chi connectivity index (χ4v) is 1.90. The molecule has 1 N–H and O–H groups in total. The summed E-state index contributed by atoms with van der Waals surface area (Å²) in [6.07, 6.45) is 0. The van der Waals surface area contributed by atoms with Crippen molar-refractivity contribution in [2.45, 2.75) is 6.54 Å². The van der Waals surface area contributed by atoms with Gasteiger partial charge in [0.1, 0.15) is 18.2 Å². The first-order valence-electron chi connectivity index (χ1n) is 5.21. The van der Waals surface area contributed by atoms with Crippen molar-refractivity contribution >= 4 is 11.7 Å². The number of hydrogen-bond acceptors (Lipinski definition) is 3. The van der Waals surface area contributed by atoms with Crippen LogP contribution in [0.4, 0.5) is 5.82 Å². The minimum Gasteiger partial charge on any atom is -0.310 e. The molecule has 1 amide bonds. The highest BCUT2D eigenvalue weighted by Crippen LogP contribution is 2.22. The van der Waals surface area contributed by atoms with Crippen LogP contribution < -0.4 is 10.9 Å². The summed E-state index contributed by atoms with van der Waals surface area (Å²) in [4.78, 5) is 26.8. The summed E-state index contributed by atoms with van der Waals surface area (Å²) >= 11 is 0. The lowest BCUT2D eigenvalue weighted by molar-refractivity contribution is -0.115. The minimum absolute atomic E-state index is 0.130. The molecular formula is C12H9N3O2. The standard InChI is InChI=1S/C12H9N3O2/c16-10-6-9-13-11(17)7-15(9)12(14-10)8-4-2-1-3-5-8/h1-6H,7H2,(H,13,17). The summed E-state index contributed by atoms with van der Waals surface area (Å²) in [5, 5.41) is 2.63. The normalized spacial score (nSPS) is 13.3. The second kappa shape index (κ2) is 3.55. The van der Waals surface area contributed by atoms with Crippen LogP contribution in [-0.4, -0.2) is 15.5 Å². The number of anilines is 1. The minimum atomic E-state index is -0.350. The number of carbonyl (C=O) groups is 1. The average molecular weight is 227 g/mol. The Bertz CT molecular complexity index is 647. The van der Waals surface area contributed by atoms with Gasteiger partial charge in [-0.2, -0.15) is 4.98 Å². The lowest BCUT2D eigenvalue weighted by atomic mass is 10.2. The maximum absolute atomic E-state index is 11.5. The third kappa shape index (κ3) is 1.61. The fourth-order valence-electron chi connectivity index (χ4n) is 1.90. The van der Waals surface area contributed by atoms with Crippen molar-refractivity contribution in [1.29, 1.82) is 0 Å². The van der Waals surface area contributed by atoms with Crippen molar-refractivity contribution in [1.82, 2.24) is 9.55 Å². The molecule has 17 heavy (non-hydrogen) atoms. The van der Waals surface area contributed by atoms with Crippen molar-refractivity contribution in [2.75, 3.05) is 5.32 Å². The number of carbonyl (C=O) groups excluding carboxylic acids is 1. The number of amides is 1. The molecule has 1 aromatic carbocycles. The average Bonchev–Trinajstić information content (AvgIpc) is 2.69. The van der Waals surface area contributed by atoms with Crippen LogP contribution in [0.15, 0.2) is 41.2 Å². The molecule has 0 bridgehead atoms. The summed E-state index contributed by atoms with van der Waals surface area (Å²) in [7, 11) is 0. The van der Waals surface area contributed by atoms with E-state index < -0.39 is 0 Å². The van der Waals surface area contributed by atoms with Crippen molar-refractivity contribution < 1.29 is 4.79 Å². The predicted octanol–water partition coefficient (Wildman–Crippen LogP) is 0.862. The van der Waals surface area contributed by atoms with E-state index in [0.717, 1.165) is 5.56 Å². The predicted molar refractivity (Wildman–Crippen MR) is 62.6 cm³/mol. The number of nitrogens with zero attached hydrogens (tertiary/aromatic N) is 2. The van der Waals surface area contributed by atoms with Crippen LogP contribution in [0.3, 0.4) is 0 Å². The zero-order valence-corrected chi connectivity index (χ0v) is 8.88. The molecule has 0 saturated carbocycles. The van der Waals surface area contributed by atoms with Gasteiger partial charge in [0.2, 0.25) is 5.91 Å². The first kappa shape index (κ1) is 9.77. The van der Waals surface area contributed by atoms with Gasteiger partial charge in [-0.3, -0.25) is 9.59 Å². The Morgan fingerprint density at radius 3 is 2.71 bits per heavy atom. The summed E-state index contributed by atoms with van der Waals surface area (Å²) in [5.41, 5.74) is 0.472. The van der Waals surface area contributed by atoms with Gasteiger partial charge in [0.25, 0.3) is 5.56 Å². The number of fused-ring (bicyclic) bond motifs is 1. The molecule has 0 saturated heterocycles. The lowest BCUT2D eigenvalue weighted by Crippen LogP contribution is -2.12. The van der Waals surface area contributed by atoms with Crippen LogP contribution in [0.1, 0.15) is 0 Å². The van der Waals surface area contributed by atoms with Crippen LogP contribution >= 0.6 is 0 Å². The molecule has 5 heteroatoms. The first-order chi connectivity index (χ1) is 8.24. The molecule has 0 aliphatic carbocycles. The van der Waals surface area contributed by atoms with Gasteiger partial charge in [0, 0.05) is 11.6 Å². The molecule has 0 unspecified atom stereocenters. The third-order valence-corrected chi connectivity index (χ3v) is 2.62. The van der Waals surface area contributed by atoms with E-state index in [-0.39, 0.29) is 18.0 Å². The number of rotatable bonds is 1. The second-order valence-electron chi connectivity index (χ2n) is 3.80. The van der Waals surface area contributed by atoms with E-state index in [1.54, 1.807) is 4.57 Å². The van der Waals surface area contributed by atoms with Gasteiger partial charge in [0.05, 0.1) is 0 Å². The van der Waals surface area contributed by atoms with Crippen LogP contribution in [0.2, 0.25) is 0 Å². The van der Waals surface area contributed by atoms with Crippen molar-refractivity contribution in [3.8, 4) is 11.4 Å². The molecule has 0 atom stereocenters. The zero-order valence-electron chi connectivity index (χ0n) is 8.88. The largest absolute Gasteiger partial charge is 0.310 e. The Morgan fingerprint density at radius 2 is 1.94 bits per heavy atom. The van der Waals surface area contributed by atoms with E-state index in [2.05, 4.69) is 10.3 Å². The van der Waals surface area contributed by atoms with Gasteiger partial charge in [-0.05, 0) is 0 Å². The topological polar surface area (TPSA) is 64.0 Å². The monoisotopic (exact) mass is 227 g/mol. The molecule has 1 aromatic heterocycles. The van der Waals surface area contributed by atoms with Crippen LogP contribution in [0, 0.1) is 0 Å². The quantitative estimate of drug-likeness (QED) is 0.786. The molecule has 0 radical (unpaired) electrons. The molecule has 5 nitrogen and oxygen atoms in total. The van der Waals surface area contributed by atoms with E-state index in [0.29, 0.717) is 11.6 Å². The summed E-state index contributed by atoms with van der Waals surface area (Å²) < 4.78 is 1.71. The third-order valence-electron chi connectivity index (χ3n) is 2.62. The molecule has 2 heterocycles. The van der Waals surface area contributed by atoms with Gasteiger partial charge >= 0.3 is 0 Å². The molecule has 1 aliphatic heterocycles. The van der Waals surface area contributed by atoms with Crippen LogP contribution in [0.5, 0.6) is 0 Å². The van der Waals surface area contributed by atoms with Crippen LogP contribution in [0.25, 0.3) is 11.4 Å². The molecule has 2 aromatic rings. The number of benzene rings is 1. The van der Waals surface area contributed by atoms with E-state index in [1.165, 1.54) is 6.07 Å². The Balaban J connectivity index is 2.25. The molecular weight excluding hydrogens is 218 g/mol. The molecule has 1 aliphatic rings. The Labute approximate surface area is 96.7 Å². The van der Waals surface area contributed by atoms with E-state index in [9.17, 15) is 9.59 Å². The lowest BCUT2D eigenvalue weighted by Gasteiger charge is -2.08. The van der Waals surface area contributed by atoms with Crippen molar-refractivity contribution in [3.05, 3.63) is 46.8 Å². The number of nitrogens with one attached hydrogen (secondary N) is 1. The molecule has 0 fully saturated rings. The second-order valence-corrected chi connectivity index (χ2v) is 3.80. The Morgan fingerprint density at radius 1 is 1.18 bits per heavy atom. The Kier molecular flexibility index (Phi) is 2.04. The van der Waals surface area contributed by atoms with Crippen molar-refractivity contribution in [2.24, 2.45) is 0 Å². The summed E-state index contributed by atoms with van der Waals surface area (Å²) in [6.45, 7) is 0.201. The number of hydrogen-bond donors (Lipinski definition) is 1. The van der Waals surface area contributed by atoms with Gasteiger partial charge in [0.15, 0.2) is 0 Å². The van der Waals surface area contributed by atoms with E-state index >= 15 is 0 Å². The maximum Gasteiger partial charge on any atom is 0.275 e. The highest BCUT2D eigenvalue weighted by molar-refractivity contribution is 5.94. The Hall–Kier alpha value is -2.43. The highest BCUT2D eigenvalue weighted by Gasteiger charge is 2.20. The summed E-state index contributed by atoms with van der Waals surface area (Å²) in [6, 6.07) is 10.7. The van der Waals surface area contributed by atoms with Gasteiger partial charge < -0.3 is 9.88 Å². The first-order valence-corrected chi connectivity index (χ1v) is 5.21. The molecule has 0 spiro atoms. The zero-order chi connectivity index (χ0) is 11.8.